The number of ether oxygens (including phenoxy) is 1. The number of amides is 1. The molecule has 144 valence electrons. The van der Waals surface area contributed by atoms with Crippen molar-refractivity contribution in [3.05, 3.63) is 51.6 Å². The van der Waals surface area contributed by atoms with E-state index in [2.05, 4.69) is 10.3 Å². The molecule has 1 aromatic carbocycles. The Labute approximate surface area is 161 Å². The molecule has 1 aromatic heterocycles. The van der Waals surface area contributed by atoms with Gasteiger partial charge in [0.25, 0.3) is 0 Å². The molecule has 0 radical (unpaired) electrons. The summed E-state index contributed by atoms with van der Waals surface area (Å²) in [4.78, 5) is 28.6. The Morgan fingerprint density at radius 2 is 2.19 bits per heavy atom. The van der Waals surface area contributed by atoms with Crippen molar-refractivity contribution < 1.29 is 14.6 Å². The maximum atomic E-state index is 12.2. The lowest BCUT2D eigenvalue weighted by Gasteiger charge is -2.13. The molecule has 0 spiro atoms. The predicted octanol–water partition coefficient (Wildman–Crippen LogP) is 1.14. The molecular formula is C19H23N3O4S. The quantitative estimate of drug-likeness (QED) is 0.520. The zero-order chi connectivity index (χ0) is 19.2. The summed E-state index contributed by atoms with van der Waals surface area (Å²) >= 11 is 1.29. The van der Waals surface area contributed by atoms with Gasteiger partial charge in [0.2, 0.25) is 5.91 Å². The number of nitrogens with one attached hydrogen (secondary N) is 1. The Kier molecular flexibility index (Phi) is 6.52. The average Bonchev–Trinajstić information content (AvgIpc) is 3.17. The first-order valence-corrected chi connectivity index (χ1v) is 9.87. The van der Waals surface area contributed by atoms with Gasteiger partial charge >= 0.3 is 5.69 Å². The van der Waals surface area contributed by atoms with Crippen LogP contribution >= 0.6 is 11.8 Å². The van der Waals surface area contributed by atoms with Crippen molar-refractivity contribution in [1.82, 2.24) is 14.9 Å². The molecular weight excluding hydrogens is 366 g/mol. The van der Waals surface area contributed by atoms with Crippen LogP contribution in [0.2, 0.25) is 0 Å². The van der Waals surface area contributed by atoms with E-state index in [0.29, 0.717) is 11.6 Å². The third-order valence-electron chi connectivity index (χ3n) is 4.53. The Morgan fingerprint density at radius 1 is 1.37 bits per heavy atom. The third-order valence-corrected chi connectivity index (χ3v) is 5.55. The molecule has 1 amide bonds. The highest BCUT2D eigenvalue weighted by molar-refractivity contribution is 7.99. The number of aromatic nitrogens is 2. The number of benzene rings is 1. The number of fused-ring (bicyclic) bond motifs is 1. The molecule has 1 aliphatic carbocycles. The van der Waals surface area contributed by atoms with E-state index >= 15 is 0 Å². The number of methoxy groups -OCH3 is 1. The molecule has 0 saturated heterocycles. The van der Waals surface area contributed by atoms with E-state index in [4.69, 9.17) is 9.84 Å². The van der Waals surface area contributed by atoms with Crippen LogP contribution in [-0.4, -0.2) is 40.0 Å². The number of nitrogens with zero attached hydrogens (tertiary/aromatic N) is 2. The van der Waals surface area contributed by atoms with E-state index in [1.54, 1.807) is 11.7 Å². The molecule has 1 heterocycles. The van der Waals surface area contributed by atoms with Crippen LogP contribution in [0, 0.1) is 0 Å². The number of carbonyl (C=O) groups is 1. The fourth-order valence-corrected chi connectivity index (χ4v) is 4.17. The van der Waals surface area contributed by atoms with Gasteiger partial charge in [-0.25, -0.2) is 4.79 Å². The fourth-order valence-electron chi connectivity index (χ4n) is 3.26. The van der Waals surface area contributed by atoms with Gasteiger partial charge in [-0.05, 0) is 25.3 Å². The van der Waals surface area contributed by atoms with Crippen LogP contribution in [0.1, 0.15) is 23.2 Å². The second kappa shape index (κ2) is 9.05. The van der Waals surface area contributed by atoms with Crippen LogP contribution in [0.15, 0.2) is 34.1 Å². The lowest BCUT2D eigenvalue weighted by molar-refractivity contribution is -0.118. The molecule has 0 saturated carbocycles. The number of aliphatic hydroxyl groups is 1. The summed E-state index contributed by atoms with van der Waals surface area (Å²) < 4.78 is 6.83. The summed E-state index contributed by atoms with van der Waals surface area (Å²) in [5.74, 6) is 0.800. The van der Waals surface area contributed by atoms with Crippen molar-refractivity contribution in [3.63, 3.8) is 0 Å². The molecule has 27 heavy (non-hydrogen) atoms. The SMILES string of the molecule is COc1ccccc1CNC(=O)CSc1nc(=O)n(CCO)c2c1CCC2. The Morgan fingerprint density at radius 3 is 2.96 bits per heavy atom. The zero-order valence-electron chi connectivity index (χ0n) is 15.2. The van der Waals surface area contributed by atoms with Crippen molar-refractivity contribution >= 4 is 17.7 Å². The summed E-state index contributed by atoms with van der Waals surface area (Å²) in [5.41, 5.74) is 2.53. The minimum atomic E-state index is -0.360. The fraction of sp³-hybridized carbons (Fsp3) is 0.421. The lowest BCUT2D eigenvalue weighted by atomic mass is 10.2. The Bertz CT molecular complexity index is 882. The minimum absolute atomic E-state index is 0.0914. The molecule has 2 aromatic rings. The standard InChI is InChI=1S/C19H23N3O4S/c1-26-16-8-3-2-5-13(16)11-20-17(24)12-27-18-14-6-4-7-15(14)22(9-10-23)19(25)21-18/h2-3,5,8,23H,4,6-7,9-12H2,1H3,(H,20,24). The van der Waals surface area contributed by atoms with Crippen LogP contribution in [0.5, 0.6) is 5.75 Å². The van der Waals surface area contributed by atoms with Gasteiger partial charge in [0.05, 0.1) is 26.0 Å². The molecule has 2 N–H and O–H groups in total. The van der Waals surface area contributed by atoms with Gasteiger partial charge in [0, 0.05) is 23.4 Å². The van der Waals surface area contributed by atoms with Gasteiger partial charge in [0.1, 0.15) is 10.8 Å². The molecule has 3 rings (SSSR count). The lowest BCUT2D eigenvalue weighted by Crippen LogP contribution is -2.29. The maximum Gasteiger partial charge on any atom is 0.348 e. The van der Waals surface area contributed by atoms with Crippen molar-refractivity contribution in [1.29, 1.82) is 0 Å². The molecule has 0 aliphatic heterocycles. The minimum Gasteiger partial charge on any atom is -0.496 e. The van der Waals surface area contributed by atoms with E-state index in [0.717, 1.165) is 41.8 Å². The second-order valence-electron chi connectivity index (χ2n) is 6.23. The van der Waals surface area contributed by atoms with Crippen LogP contribution in [0.4, 0.5) is 0 Å². The van der Waals surface area contributed by atoms with E-state index in [9.17, 15) is 9.59 Å². The number of hydrogen-bond donors (Lipinski definition) is 2. The van der Waals surface area contributed by atoms with E-state index in [1.807, 2.05) is 24.3 Å². The summed E-state index contributed by atoms with van der Waals surface area (Å²) in [7, 11) is 1.60. The van der Waals surface area contributed by atoms with Crippen molar-refractivity contribution in [2.24, 2.45) is 0 Å². The normalized spacial score (nSPS) is 12.7. The topological polar surface area (TPSA) is 93.5 Å². The number of aliphatic hydroxyl groups excluding tert-OH is 1. The van der Waals surface area contributed by atoms with Gasteiger partial charge in [-0.1, -0.05) is 30.0 Å². The summed E-state index contributed by atoms with van der Waals surface area (Å²) in [5, 5.41) is 12.7. The summed E-state index contributed by atoms with van der Waals surface area (Å²) in [6, 6.07) is 7.53. The molecule has 1 aliphatic rings. The molecule has 8 heteroatoms. The smallest absolute Gasteiger partial charge is 0.348 e. The van der Waals surface area contributed by atoms with Crippen LogP contribution in [0.3, 0.4) is 0 Å². The molecule has 0 atom stereocenters. The van der Waals surface area contributed by atoms with E-state index in [1.165, 1.54) is 11.8 Å². The maximum absolute atomic E-state index is 12.2. The number of para-hydroxylation sites is 1. The van der Waals surface area contributed by atoms with Crippen molar-refractivity contribution in [2.45, 2.75) is 37.4 Å². The van der Waals surface area contributed by atoms with Gasteiger partial charge in [-0.15, -0.1) is 0 Å². The van der Waals surface area contributed by atoms with E-state index in [-0.39, 0.29) is 30.5 Å². The average molecular weight is 389 g/mol. The van der Waals surface area contributed by atoms with Gasteiger partial charge in [0.15, 0.2) is 0 Å². The van der Waals surface area contributed by atoms with Gasteiger partial charge in [-0.3, -0.25) is 9.36 Å². The molecule has 0 fully saturated rings. The third kappa shape index (κ3) is 4.51. The number of rotatable bonds is 8. The highest BCUT2D eigenvalue weighted by Gasteiger charge is 2.22. The Hall–Kier alpha value is -2.32. The first-order chi connectivity index (χ1) is 13.1. The highest BCUT2D eigenvalue weighted by Crippen LogP contribution is 2.29. The van der Waals surface area contributed by atoms with Crippen LogP contribution < -0.4 is 15.7 Å². The van der Waals surface area contributed by atoms with Gasteiger partial charge in [-0.2, -0.15) is 4.98 Å². The van der Waals surface area contributed by atoms with Crippen molar-refractivity contribution in [2.75, 3.05) is 19.5 Å². The van der Waals surface area contributed by atoms with Crippen molar-refractivity contribution in [3.8, 4) is 5.75 Å². The van der Waals surface area contributed by atoms with Crippen LogP contribution in [0.25, 0.3) is 0 Å². The number of hydrogen-bond acceptors (Lipinski definition) is 6. The first kappa shape index (κ1) is 19.4. The monoisotopic (exact) mass is 389 g/mol. The summed E-state index contributed by atoms with van der Waals surface area (Å²) in [6.45, 7) is 0.553. The largest absolute Gasteiger partial charge is 0.496 e. The van der Waals surface area contributed by atoms with Crippen LogP contribution in [-0.2, 0) is 30.7 Å². The molecule has 0 bridgehead atoms. The molecule has 7 nitrogen and oxygen atoms in total. The van der Waals surface area contributed by atoms with E-state index < -0.39 is 0 Å². The molecule has 0 unspecified atom stereocenters. The Balaban J connectivity index is 1.63. The first-order valence-electron chi connectivity index (χ1n) is 8.89. The highest BCUT2D eigenvalue weighted by atomic mass is 32.2. The van der Waals surface area contributed by atoms with Gasteiger partial charge < -0.3 is 15.2 Å². The predicted molar refractivity (Wildman–Crippen MR) is 103 cm³/mol. The zero-order valence-corrected chi connectivity index (χ0v) is 16.1. The summed E-state index contributed by atoms with van der Waals surface area (Å²) in [6.07, 6.45) is 2.61. The number of carbonyl (C=O) groups excluding carboxylic acids is 1. The number of thioether (sulfide) groups is 1. The second-order valence-corrected chi connectivity index (χ2v) is 7.19.